The van der Waals surface area contributed by atoms with Crippen molar-refractivity contribution in [1.29, 1.82) is 0 Å². The molecule has 0 saturated carbocycles. The molecule has 1 heterocycles. The molecule has 0 unspecified atom stereocenters. The van der Waals surface area contributed by atoms with Gasteiger partial charge in [0.2, 0.25) is 0 Å². The Bertz CT molecular complexity index is 705. The highest BCUT2D eigenvalue weighted by molar-refractivity contribution is 6.39. The summed E-state index contributed by atoms with van der Waals surface area (Å²) in [5.41, 5.74) is 2.82. The highest BCUT2D eigenvalue weighted by Gasteiger charge is 2.23. The Morgan fingerprint density at radius 1 is 0.958 bits per heavy atom. The van der Waals surface area contributed by atoms with Crippen LogP contribution in [0, 0.1) is 6.92 Å². The quantitative estimate of drug-likeness (QED) is 0.842. The van der Waals surface area contributed by atoms with E-state index in [0.717, 1.165) is 11.4 Å². The van der Waals surface area contributed by atoms with Gasteiger partial charge in [-0.15, -0.1) is 0 Å². The summed E-state index contributed by atoms with van der Waals surface area (Å²) >= 11 is 12.5. The molecule has 0 spiro atoms. The molecule has 24 heavy (non-hydrogen) atoms. The lowest BCUT2D eigenvalue weighted by Gasteiger charge is -2.36. The van der Waals surface area contributed by atoms with Crippen LogP contribution in [0.25, 0.3) is 0 Å². The topological polar surface area (TPSA) is 35.6 Å². The van der Waals surface area contributed by atoms with Gasteiger partial charge in [-0.25, -0.2) is 4.79 Å². The number of nitrogens with one attached hydrogen (secondary N) is 1. The molecule has 0 aliphatic carbocycles. The molecule has 6 heteroatoms. The van der Waals surface area contributed by atoms with Crippen LogP contribution in [0.5, 0.6) is 0 Å². The number of carbonyl (C=O) groups excluding carboxylic acids is 1. The van der Waals surface area contributed by atoms with Crippen molar-refractivity contribution < 1.29 is 4.79 Å². The Morgan fingerprint density at radius 3 is 2.12 bits per heavy atom. The van der Waals surface area contributed by atoms with Gasteiger partial charge in [0.15, 0.2) is 0 Å². The first-order valence-electron chi connectivity index (χ1n) is 7.86. The number of halogens is 2. The maximum absolute atomic E-state index is 12.4. The van der Waals surface area contributed by atoms with Gasteiger partial charge in [-0.3, -0.25) is 0 Å². The maximum atomic E-state index is 12.4. The van der Waals surface area contributed by atoms with E-state index in [1.807, 2.05) is 49.4 Å². The van der Waals surface area contributed by atoms with E-state index >= 15 is 0 Å². The van der Waals surface area contributed by atoms with Crippen LogP contribution in [-0.4, -0.2) is 37.1 Å². The summed E-state index contributed by atoms with van der Waals surface area (Å²) in [6.45, 7) is 4.67. The van der Waals surface area contributed by atoms with Crippen molar-refractivity contribution in [3.8, 4) is 0 Å². The number of carbonyl (C=O) groups is 1. The van der Waals surface area contributed by atoms with Gasteiger partial charge in [0.1, 0.15) is 0 Å². The average molecular weight is 364 g/mol. The molecule has 0 aromatic heterocycles. The van der Waals surface area contributed by atoms with E-state index in [2.05, 4.69) is 10.2 Å². The maximum Gasteiger partial charge on any atom is 0.321 e. The lowest BCUT2D eigenvalue weighted by molar-refractivity contribution is 0.208. The zero-order chi connectivity index (χ0) is 17.1. The van der Waals surface area contributed by atoms with E-state index in [9.17, 15) is 4.79 Å². The second-order valence-corrected chi connectivity index (χ2v) is 6.65. The van der Waals surface area contributed by atoms with Crippen LogP contribution < -0.4 is 10.2 Å². The summed E-state index contributed by atoms with van der Waals surface area (Å²) in [6, 6.07) is 13.2. The highest BCUT2D eigenvalue weighted by atomic mass is 35.5. The summed E-state index contributed by atoms with van der Waals surface area (Å²) in [6.07, 6.45) is 0. The average Bonchev–Trinajstić information content (AvgIpc) is 2.57. The minimum absolute atomic E-state index is 0.0799. The molecular formula is C18H19Cl2N3O. The minimum Gasteiger partial charge on any atom is -0.366 e. The molecule has 1 aliphatic rings. The third-order valence-corrected chi connectivity index (χ3v) is 4.73. The van der Waals surface area contributed by atoms with E-state index in [-0.39, 0.29) is 6.03 Å². The fourth-order valence-electron chi connectivity index (χ4n) is 2.76. The first-order valence-corrected chi connectivity index (χ1v) is 8.62. The van der Waals surface area contributed by atoms with Gasteiger partial charge in [-0.1, -0.05) is 47.0 Å². The number of benzene rings is 2. The van der Waals surface area contributed by atoms with Gasteiger partial charge in [0, 0.05) is 31.9 Å². The van der Waals surface area contributed by atoms with Crippen LogP contribution in [0.15, 0.2) is 42.5 Å². The Kier molecular flexibility index (Phi) is 5.17. The van der Waals surface area contributed by atoms with Crippen molar-refractivity contribution in [3.05, 3.63) is 58.1 Å². The van der Waals surface area contributed by atoms with Crippen LogP contribution in [-0.2, 0) is 0 Å². The molecule has 3 rings (SSSR count). The molecule has 1 fully saturated rings. The van der Waals surface area contributed by atoms with Crippen molar-refractivity contribution in [3.63, 3.8) is 0 Å². The van der Waals surface area contributed by atoms with Crippen LogP contribution in [0.3, 0.4) is 0 Å². The van der Waals surface area contributed by atoms with Crippen LogP contribution in [0.4, 0.5) is 16.2 Å². The van der Waals surface area contributed by atoms with Crippen LogP contribution >= 0.6 is 23.2 Å². The molecular weight excluding hydrogens is 345 g/mol. The van der Waals surface area contributed by atoms with E-state index in [1.165, 1.54) is 5.56 Å². The lowest BCUT2D eigenvalue weighted by atomic mass is 10.2. The number of hydrogen-bond acceptors (Lipinski definition) is 2. The monoisotopic (exact) mass is 363 g/mol. The van der Waals surface area contributed by atoms with Crippen molar-refractivity contribution in [2.45, 2.75) is 6.92 Å². The van der Waals surface area contributed by atoms with Crippen molar-refractivity contribution in [2.75, 3.05) is 36.4 Å². The first kappa shape index (κ1) is 16.9. The predicted octanol–water partition coefficient (Wildman–Crippen LogP) is 4.66. The number of anilines is 2. The van der Waals surface area contributed by atoms with Crippen LogP contribution in [0.1, 0.15) is 5.56 Å². The number of para-hydroxylation sites is 1. The fourth-order valence-corrected chi connectivity index (χ4v) is 3.40. The minimum atomic E-state index is -0.0799. The van der Waals surface area contributed by atoms with Gasteiger partial charge in [-0.2, -0.15) is 0 Å². The number of urea groups is 1. The highest BCUT2D eigenvalue weighted by Crippen LogP contribution is 2.34. The second-order valence-electron chi connectivity index (χ2n) is 5.84. The fraction of sp³-hybridized carbons (Fsp3) is 0.278. The largest absolute Gasteiger partial charge is 0.366 e. The van der Waals surface area contributed by atoms with E-state index < -0.39 is 0 Å². The molecule has 2 amide bonds. The van der Waals surface area contributed by atoms with Gasteiger partial charge >= 0.3 is 6.03 Å². The van der Waals surface area contributed by atoms with Crippen molar-refractivity contribution in [1.82, 2.24) is 4.90 Å². The van der Waals surface area contributed by atoms with Gasteiger partial charge in [-0.05, 0) is 31.2 Å². The molecule has 1 N–H and O–H groups in total. The Morgan fingerprint density at radius 2 is 1.54 bits per heavy atom. The molecule has 2 aromatic rings. The molecule has 1 aliphatic heterocycles. The summed E-state index contributed by atoms with van der Waals surface area (Å²) < 4.78 is 0. The number of nitrogens with zero attached hydrogens (tertiary/aromatic N) is 2. The molecule has 126 valence electrons. The van der Waals surface area contributed by atoms with Crippen LogP contribution in [0.2, 0.25) is 10.0 Å². The van der Waals surface area contributed by atoms with E-state index in [1.54, 1.807) is 4.90 Å². The Labute approximate surface area is 152 Å². The Balaban J connectivity index is 1.60. The number of aryl methyl sites for hydroxylation is 1. The Hall–Kier alpha value is -1.91. The summed E-state index contributed by atoms with van der Waals surface area (Å²) in [4.78, 5) is 16.3. The van der Waals surface area contributed by atoms with Gasteiger partial charge in [0.05, 0.1) is 15.7 Å². The molecule has 4 nitrogen and oxygen atoms in total. The van der Waals surface area contributed by atoms with Crippen molar-refractivity contribution >= 4 is 40.6 Å². The van der Waals surface area contributed by atoms with E-state index in [0.29, 0.717) is 36.2 Å². The standard InChI is InChI=1S/C18H19Cl2N3O/c1-13-5-7-14(8-6-13)21-18(24)23-11-9-22(10-12-23)17-15(19)3-2-4-16(17)20/h2-8H,9-12H2,1H3,(H,21,24). The number of rotatable bonds is 2. The van der Waals surface area contributed by atoms with Gasteiger partial charge in [0.25, 0.3) is 0 Å². The SMILES string of the molecule is Cc1ccc(NC(=O)N2CCN(c3c(Cl)cccc3Cl)CC2)cc1. The number of hydrogen-bond donors (Lipinski definition) is 1. The van der Waals surface area contributed by atoms with Gasteiger partial charge < -0.3 is 15.1 Å². The van der Waals surface area contributed by atoms with Crippen molar-refractivity contribution in [2.24, 2.45) is 0 Å². The molecule has 1 saturated heterocycles. The number of amides is 2. The predicted molar refractivity (Wildman–Crippen MR) is 100 cm³/mol. The lowest BCUT2D eigenvalue weighted by Crippen LogP contribution is -2.50. The summed E-state index contributed by atoms with van der Waals surface area (Å²) in [5, 5.41) is 4.21. The van der Waals surface area contributed by atoms with E-state index in [4.69, 9.17) is 23.2 Å². The number of piperazine rings is 1. The molecule has 2 aromatic carbocycles. The summed E-state index contributed by atoms with van der Waals surface area (Å²) in [7, 11) is 0. The summed E-state index contributed by atoms with van der Waals surface area (Å²) in [5.74, 6) is 0. The third kappa shape index (κ3) is 3.77. The zero-order valence-corrected chi connectivity index (χ0v) is 14.9. The zero-order valence-electron chi connectivity index (χ0n) is 13.4. The first-order chi connectivity index (χ1) is 11.5. The molecule has 0 bridgehead atoms. The normalized spacial score (nSPS) is 14.6. The second kappa shape index (κ2) is 7.32. The smallest absolute Gasteiger partial charge is 0.321 e. The molecule has 0 atom stereocenters. The molecule has 0 radical (unpaired) electrons. The third-order valence-electron chi connectivity index (χ3n) is 4.12.